The first-order chi connectivity index (χ1) is 8.25. The number of halogens is 1. The monoisotopic (exact) mass is 267 g/mol. The Morgan fingerprint density at radius 3 is 2.39 bits per heavy atom. The Bertz CT molecular complexity index is 400. The maximum Gasteiger partial charge on any atom is 0.205 e. The molecule has 0 N–H and O–H groups in total. The summed E-state index contributed by atoms with van der Waals surface area (Å²) in [4.78, 5) is 14.0. The lowest BCUT2D eigenvalue weighted by atomic mass is 10.1. The number of Topliss-reactive ketones (excluding diaryl/α,β-unsaturated/α-hetero) is 1. The topological polar surface area (TPSA) is 35.9 Å². The molecule has 1 aromatic rings. The van der Waals surface area contributed by atoms with Crippen molar-refractivity contribution in [3.05, 3.63) is 35.9 Å². The van der Waals surface area contributed by atoms with Crippen LogP contribution in [0.1, 0.15) is 10.4 Å². The smallest absolute Gasteiger partial charge is 0.205 e. The minimum absolute atomic E-state index is 0. The van der Waals surface area contributed by atoms with Crippen molar-refractivity contribution in [3.63, 3.8) is 0 Å². The third-order valence-electron chi connectivity index (χ3n) is 2.88. The van der Waals surface area contributed by atoms with Crippen LogP contribution in [-0.4, -0.2) is 55.1 Å². The van der Waals surface area contributed by atoms with E-state index in [9.17, 15) is 4.79 Å². The van der Waals surface area contributed by atoms with Gasteiger partial charge < -0.3 is 4.90 Å². The summed E-state index contributed by atoms with van der Waals surface area (Å²) in [6.45, 7) is 3.76. The molecule has 1 aromatic carbocycles. The molecule has 1 saturated heterocycles. The number of carbonyl (C=O) groups excluding carboxylic acids is 1. The maximum atomic E-state index is 11.8. The van der Waals surface area contributed by atoms with Gasteiger partial charge in [-0.25, -0.2) is 0 Å². The fourth-order valence-electron chi connectivity index (χ4n) is 1.72. The number of nitrogens with zero attached hydrogens (tertiary/aromatic N) is 3. The molecule has 98 valence electrons. The average molecular weight is 268 g/mol. The van der Waals surface area contributed by atoms with Crippen molar-refractivity contribution in [1.82, 2.24) is 9.91 Å². The number of ketones is 1. The molecule has 18 heavy (non-hydrogen) atoms. The van der Waals surface area contributed by atoms with Gasteiger partial charge >= 0.3 is 0 Å². The van der Waals surface area contributed by atoms with Gasteiger partial charge in [-0.3, -0.25) is 9.80 Å². The van der Waals surface area contributed by atoms with Crippen LogP contribution in [0.2, 0.25) is 0 Å². The highest BCUT2D eigenvalue weighted by Crippen LogP contribution is 2.01. The quantitative estimate of drug-likeness (QED) is 0.615. The Balaban J connectivity index is 0.00000162. The summed E-state index contributed by atoms with van der Waals surface area (Å²) in [6.07, 6.45) is 1.42. The van der Waals surface area contributed by atoms with Crippen LogP contribution in [0.3, 0.4) is 0 Å². The van der Waals surface area contributed by atoms with Crippen molar-refractivity contribution in [1.29, 1.82) is 0 Å². The molecule has 0 aliphatic carbocycles. The zero-order chi connectivity index (χ0) is 12.1. The van der Waals surface area contributed by atoms with Crippen LogP contribution in [0.5, 0.6) is 0 Å². The minimum atomic E-state index is -0.0375. The van der Waals surface area contributed by atoms with E-state index in [1.165, 1.54) is 6.21 Å². The summed E-state index contributed by atoms with van der Waals surface area (Å²) < 4.78 is 0. The number of hydrogen-bond donors (Lipinski definition) is 0. The van der Waals surface area contributed by atoms with Crippen LogP contribution in [0.4, 0.5) is 0 Å². The number of hydrazone groups is 1. The zero-order valence-electron chi connectivity index (χ0n) is 10.5. The zero-order valence-corrected chi connectivity index (χ0v) is 11.3. The fourth-order valence-corrected chi connectivity index (χ4v) is 1.72. The Morgan fingerprint density at radius 2 is 1.78 bits per heavy atom. The lowest BCUT2D eigenvalue weighted by Gasteiger charge is -2.30. The van der Waals surface area contributed by atoms with E-state index in [1.54, 1.807) is 12.1 Å². The van der Waals surface area contributed by atoms with Gasteiger partial charge in [0.25, 0.3) is 0 Å². The van der Waals surface area contributed by atoms with Crippen LogP contribution in [0, 0.1) is 0 Å². The first kappa shape index (κ1) is 14.7. The molecule has 0 saturated carbocycles. The van der Waals surface area contributed by atoms with E-state index in [4.69, 9.17) is 0 Å². The van der Waals surface area contributed by atoms with Gasteiger partial charge in [0.1, 0.15) is 0 Å². The molecule has 1 fully saturated rings. The van der Waals surface area contributed by atoms with Gasteiger partial charge in [-0.1, -0.05) is 30.3 Å². The van der Waals surface area contributed by atoms with Gasteiger partial charge in [0.2, 0.25) is 5.78 Å². The molecule has 0 spiro atoms. The molecule has 2 rings (SSSR count). The first-order valence-electron chi connectivity index (χ1n) is 5.82. The van der Waals surface area contributed by atoms with Crippen molar-refractivity contribution >= 4 is 24.4 Å². The molecule has 0 radical (unpaired) electrons. The van der Waals surface area contributed by atoms with Crippen LogP contribution in [-0.2, 0) is 0 Å². The van der Waals surface area contributed by atoms with E-state index in [-0.39, 0.29) is 18.2 Å². The van der Waals surface area contributed by atoms with E-state index < -0.39 is 0 Å². The van der Waals surface area contributed by atoms with Crippen molar-refractivity contribution in [2.45, 2.75) is 0 Å². The van der Waals surface area contributed by atoms with Gasteiger partial charge in [0.05, 0.1) is 6.21 Å². The summed E-state index contributed by atoms with van der Waals surface area (Å²) in [6, 6.07) is 9.22. The molecule has 0 atom stereocenters. The van der Waals surface area contributed by atoms with Gasteiger partial charge in [-0.2, -0.15) is 5.10 Å². The number of piperazine rings is 1. The van der Waals surface area contributed by atoms with E-state index >= 15 is 0 Å². The molecule has 5 heteroatoms. The number of rotatable bonds is 3. The number of carbonyl (C=O) groups is 1. The number of likely N-dealkylation sites (N-methyl/N-ethyl adjacent to an activating group) is 1. The van der Waals surface area contributed by atoms with Gasteiger partial charge in [-0.05, 0) is 7.05 Å². The van der Waals surface area contributed by atoms with Crippen molar-refractivity contribution in [2.24, 2.45) is 5.10 Å². The SMILES string of the molecule is CN1CCN(/N=C\C(=O)c2ccccc2)CC1.Cl. The Labute approximate surface area is 114 Å². The van der Waals surface area contributed by atoms with Gasteiger partial charge in [-0.15, -0.1) is 12.4 Å². The lowest BCUT2D eigenvalue weighted by Crippen LogP contribution is -2.41. The highest BCUT2D eigenvalue weighted by molar-refractivity contribution is 6.35. The maximum absolute atomic E-state index is 11.8. The predicted molar refractivity (Wildman–Crippen MR) is 75.6 cm³/mol. The third-order valence-corrected chi connectivity index (χ3v) is 2.88. The largest absolute Gasteiger partial charge is 0.303 e. The van der Waals surface area contributed by atoms with E-state index in [1.807, 2.05) is 23.2 Å². The number of benzene rings is 1. The molecule has 0 amide bonds. The molecule has 0 unspecified atom stereocenters. The Morgan fingerprint density at radius 1 is 1.17 bits per heavy atom. The van der Waals surface area contributed by atoms with Crippen molar-refractivity contribution in [2.75, 3.05) is 33.2 Å². The van der Waals surface area contributed by atoms with Gasteiger partial charge in [0, 0.05) is 31.7 Å². The Kier molecular flexibility index (Phi) is 5.82. The standard InChI is InChI=1S/C13H17N3O.ClH/c1-15-7-9-16(10-8-15)14-11-13(17)12-5-3-2-4-6-12;/h2-6,11H,7-10H2,1H3;1H/b14-11-;. The molecule has 1 aliphatic rings. The molecule has 1 heterocycles. The molecular weight excluding hydrogens is 250 g/mol. The lowest BCUT2D eigenvalue weighted by molar-refractivity contribution is 0.106. The summed E-state index contributed by atoms with van der Waals surface area (Å²) in [7, 11) is 2.09. The second-order valence-corrected chi connectivity index (χ2v) is 4.23. The van der Waals surface area contributed by atoms with E-state index in [0.717, 1.165) is 26.2 Å². The van der Waals surface area contributed by atoms with Crippen LogP contribution in [0.15, 0.2) is 35.4 Å². The van der Waals surface area contributed by atoms with E-state index in [0.29, 0.717) is 5.56 Å². The van der Waals surface area contributed by atoms with Crippen molar-refractivity contribution < 1.29 is 4.79 Å². The number of hydrogen-bond acceptors (Lipinski definition) is 4. The highest BCUT2D eigenvalue weighted by Gasteiger charge is 2.11. The van der Waals surface area contributed by atoms with Crippen molar-refractivity contribution in [3.8, 4) is 0 Å². The fraction of sp³-hybridized carbons (Fsp3) is 0.385. The van der Waals surface area contributed by atoms with E-state index in [2.05, 4.69) is 17.0 Å². The molecule has 0 bridgehead atoms. The molecule has 4 nitrogen and oxygen atoms in total. The predicted octanol–water partition coefficient (Wildman–Crippen LogP) is 1.52. The Hall–Kier alpha value is -1.39. The summed E-state index contributed by atoms with van der Waals surface area (Å²) in [5.41, 5.74) is 0.686. The summed E-state index contributed by atoms with van der Waals surface area (Å²) in [5, 5.41) is 6.17. The summed E-state index contributed by atoms with van der Waals surface area (Å²) >= 11 is 0. The average Bonchev–Trinajstić information content (AvgIpc) is 2.39. The first-order valence-corrected chi connectivity index (χ1v) is 5.82. The summed E-state index contributed by atoms with van der Waals surface area (Å²) in [5.74, 6) is -0.0375. The van der Waals surface area contributed by atoms with Gasteiger partial charge in [0.15, 0.2) is 0 Å². The van der Waals surface area contributed by atoms with Crippen LogP contribution >= 0.6 is 12.4 Å². The molecule has 1 aliphatic heterocycles. The minimum Gasteiger partial charge on any atom is -0.303 e. The third kappa shape index (κ3) is 4.13. The second kappa shape index (κ2) is 7.13. The van der Waals surface area contributed by atoms with Crippen LogP contribution < -0.4 is 0 Å². The molecular formula is C13H18ClN3O. The molecule has 0 aromatic heterocycles. The highest BCUT2D eigenvalue weighted by atomic mass is 35.5. The van der Waals surface area contributed by atoms with Crippen LogP contribution in [0.25, 0.3) is 0 Å². The normalized spacial score (nSPS) is 16.6. The second-order valence-electron chi connectivity index (χ2n) is 4.23.